The van der Waals surface area contributed by atoms with E-state index in [-0.39, 0.29) is 16.8 Å². The van der Waals surface area contributed by atoms with Gasteiger partial charge in [-0.1, -0.05) is 25.5 Å². The van der Waals surface area contributed by atoms with Crippen LogP contribution in [0.4, 0.5) is 0 Å². The van der Waals surface area contributed by atoms with Crippen molar-refractivity contribution >= 4 is 5.97 Å². The molecule has 4 heteroatoms. The van der Waals surface area contributed by atoms with Gasteiger partial charge in [0.2, 0.25) is 0 Å². The standard InChI is InChI=1S/C22H33NO3/c1-15-6-9-19-21(2,11-5-12-22(19,3)20(24)25-4)17(15)8-7-16-10-13-26-18(16)14-23/h10,13,17,19H,1,5-9,11-12,14,23H2,2-4H3/p+1/t17-,19-,21-,22+/m0/s1. The molecule has 1 aromatic heterocycles. The van der Waals surface area contributed by atoms with Crippen LogP contribution in [0.25, 0.3) is 0 Å². The average Bonchev–Trinajstić information content (AvgIpc) is 3.07. The predicted octanol–water partition coefficient (Wildman–Crippen LogP) is 3.91. The third kappa shape index (κ3) is 3.02. The summed E-state index contributed by atoms with van der Waals surface area (Å²) in [4.78, 5) is 12.6. The summed E-state index contributed by atoms with van der Waals surface area (Å²) in [6.07, 6.45) is 9.08. The van der Waals surface area contributed by atoms with E-state index in [9.17, 15) is 4.79 Å². The lowest BCUT2D eigenvalue weighted by atomic mass is 9.46. The van der Waals surface area contributed by atoms with Crippen LogP contribution in [0.1, 0.15) is 63.7 Å². The number of esters is 1. The number of carbonyl (C=O) groups excluding carboxylic acids is 1. The molecule has 26 heavy (non-hydrogen) atoms. The quantitative estimate of drug-likeness (QED) is 0.639. The second-order valence-electron chi connectivity index (χ2n) is 8.73. The lowest BCUT2D eigenvalue weighted by Crippen LogP contribution is -2.53. The van der Waals surface area contributed by atoms with E-state index in [1.54, 1.807) is 6.26 Å². The molecule has 0 bridgehead atoms. The van der Waals surface area contributed by atoms with Gasteiger partial charge in [0.1, 0.15) is 6.54 Å². The minimum absolute atomic E-state index is 0.0335. The Morgan fingerprint density at radius 3 is 2.88 bits per heavy atom. The van der Waals surface area contributed by atoms with Crippen LogP contribution in [-0.2, 0) is 22.5 Å². The monoisotopic (exact) mass is 360 g/mol. The highest BCUT2D eigenvalue weighted by Crippen LogP contribution is 2.62. The van der Waals surface area contributed by atoms with Gasteiger partial charge < -0.3 is 14.9 Å². The summed E-state index contributed by atoms with van der Waals surface area (Å²) < 4.78 is 10.8. The minimum atomic E-state index is -0.366. The smallest absolute Gasteiger partial charge is 0.311 e. The van der Waals surface area contributed by atoms with Gasteiger partial charge >= 0.3 is 5.97 Å². The number of quaternary nitrogens is 1. The lowest BCUT2D eigenvalue weighted by molar-refractivity contribution is -0.390. The molecule has 0 spiro atoms. The molecule has 3 N–H and O–H groups in total. The van der Waals surface area contributed by atoms with Gasteiger partial charge in [-0.15, -0.1) is 0 Å². The molecule has 0 aromatic carbocycles. The number of aryl methyl sites for hydroxylation is 1. The third-order valence-corrected chi connectivity index (χ3v) is 7.44. The minimum Gasteiger partial charge on any atom is -0.469 e. The van der Waals surface area contributed by atoms with Crippen molar-refractivity contribution in [1.82, 2.24) is 0 Å². The van der Waals surface area contributed by atoms with Crippen LogP contribution >= 0.6 is 0 Å². The molecule has 2 fully saturated rings. The van der Waals surface area contributed by atoms with E-state index in [0.717, 1.165) is 44.3 Å². The predicted molar refractivity (Wildman–Crippen MR) is 101 cm³/mol. The van der Waals surface area contributed by atoms with Crippen molar-refractivity contribution in [2.24, 2.45) is 22.7 Å². The van der Waals surface area contributed by atoms with Gasteiger partial charge in [0, 0.05) is 0 Å². The van der Waals surface area contributed by atoms with E-state index in [4.69, 9.17) is 9.15 Å². The zero-order chi connectivity index (χ0) is 18.9. The van der Waals surface area contributed by atoms with Crippen molar-refractivity contribution in [2.75, 3.05) is 7.11 Å². The zero-order valence-corrected chi connectivity index (χ0v) is 16.6. The van der Waals surface area contributed by atoms with Gasteiger partial charge in [0.05, 0.1) is 18.8 Å². The fourth-order valence-electron chi connectivity index (χ4n) is 6.07. The van der Waals surface area contributed by atoms with Gasteiger partial charge in [-0.3, -0.25) is 4.79 Å². The first-order valence-corrected chi connectivity index (χ1v) is 9.97. The van der Waals surface area contributed by atoms with Gasteiger partial charge in [-0.25, -0.2) is 0 Å². The Bertz CT molecular complexity index is 679. The van der Waals surface area contributed by atoms with E-state index in [1.807, 2.05) is 0 Å². The Kier molecular flexibility index (Phi) is 5.34. The highest BCUT2D eigenvalue weighted by atomic mass is 16.5. The molecule has 0 unspecified atom stereocenters. The molecular weight excluding hydrogens is 326 g/mol. The lowest BCUT2D eigenvalue weighted by Gasteiger charge is -2.57. The number of methoxy groups -OCH3 is 1. The molecule has 4 atom stereocenters. The maximum Gasteiger partial charge on any atom is 0.311 e. The molecule has 2 aliphatic carbocycles. The second-order valence-corrected chi connectivity index (χ2v) is 8.73. The first-order valence-electron chi connectivity index (χ1n) is 9.97. The summed E-state index contributed by atoms with van der Waals surface area (Å²) in [5, 5.41) is 0. The van der Waals surface area contributed by atoms with Crippen LogP contribution < -0.4 is 5.73 Å². The number of furan rings is 1. The van der Waals surface area contributed by atoms with Gasteiger partial charge in [0.15, 0.2) is 5.76 Å². The van der Waals surface area contributed by atoms with E-state index >= 15 is 0 Å². The maximum absolute atomic E-state index is 12.6. The highest BCUT2D eigenvalue weighted by molar-refractivity contribution is 5.77. The topological polar surface area (TPSA) is 67.1 Å². The average molecular weight is 361 g/mol. The fourth-order valence-corrected chi connectivity index (χ4v) is 6.07. The molecule has 0 aliphatic heterocycles. The van der Waals surface area contributed by atoms with Crippen molar-refractivity contribution < 1.29 is 19.7 Å². The third-order valence-electron chi connectivity index (χ3n) is 7.44. The summed E-state index contributed by atoms with van der Waals surface area (Å²) in [7, 11) is 1.53. The zero-order valence-electron chi connectivity index (χ0n) is 16.6. The summed E-state index contributed by atoms with van der Waals surface area (Å²) in [5.41, 5.74) is 6.34. The van der Waals surface area contributed by atoms with E-state index < -0.39 is 0 Å². The molecule has 1 heterocycles. The van der Waals surface area contributed by atoms with Crippen LogP contribution in [0, 0.1) is 22.7 Å². The summed E-state index contributed by atoms with van der Waals surface area (Å²) in [6.45, 7) is 9.65. The summed E-state index contributed by atoms with van der Waals surface area (Å²) in [6, 6.07) is 2.07. The molecule has 4 nitrogen and oxygen atoms in total. The second kappa shape index (κ2) is 7.22. The number of hydrogen-bond donors (Lipinski definition) is 1. The highest BCUT2D eigenvalue weighted by Gasteiger charge is 2.57. The van der Waals surface area contributed by atoms with Crippen LogP contribution in [0.2, 0.25) is 0 Å². The summed E-state index contributed by atoms with van der Waals surface area (Å²) in [5.74, 6) is 1.77. The van der Waals surface area contributed by atoms with E-state index in [1.165, 1.54) is 24.7 Å². The molecule has 0 saturated heterocycles. The molecule has 2 aliphatic rings. The van der Waals surface area contributed by atoms with Gasteiger partial charge in [0.25, 0.3) is 0 Å². The fraction of sp³-hybridized carbons (Fsp3) is 0.682. The van der Waals surface area contributed by atoms with Crippen LogP contribution in [0.3, 0.4) is 0 Å². The van der Waals surface area contributed by atoms with Crippen LogP contribution in [-0.4, -0.2) is 13.1 Å². The van der Waals surface area contributed by atoms with Crippen molar-refractivity contribution in [3.8, 4) is 0 Å². The molecule has 0 amide bonds. The Balaban J connectivity index is 1.85. The number of ether oxygens (including phenoxy) is 1. The van der Waals surface area contributed by atoms with Crippen molar-refractivity contribution in [3.05, 3.63) is 35.8 Å². The Morgan fingerprint density at radius 2 is 2.19 bits per heavy atom. The molecule has 144 valence electrons. The number of hydrogen-bond acceptors (Lipinski definition) is 3. The maximum atomic E-state index is 12.6. The number of allylic oxidation sites excluding steroid dienone is 1. The van der Waals surface area contributed by atoms with Crippen molar-refractivity contribution in [3.63, 3.8) is 0 Å². The molecular formula is C22H34NO3+. The number of rotatable bonds is 5. The van der Waals surface area contributed by atoms with Crippen LogP contribution in [0.5, 0.6) is 0 Å². The summed E-state index contributed by atoms with van der Waals surface area (Å²) >= 11 is 0. The number of fused-ring (bicyclic) bond motifs is 1. The van der Waals surface area contributed by atoms with Gasteiger partial charge in [-0.05, 0) is 74.3 Å². The van der Waals surface area contributed by atoms with Gasteiger partial charge in [-0.2, -0.15) is 0 Å². The van der Waals surface area contributed by atoms with E-state index in [0.29, 0.717) is 18.4 Å². The van der Waals surface area contributed by atoms with Crippen LogP contribution in [0.15, 0.2) is 28.9 Å². The van der Waals surface area contributed by atoms with Crippen molar-refractivity contribution in [1.29, 1.82) is 0 Å². The Morgan fingerprint density at radius 1 is 1.42 bits per heavy atom. The molecule has 0 radical (unpaired) electrons. The number of carbonyl (C=O) groups is 1. The Hall–Kier alpha value is -1.55. The first-order chi connectivity index (χ1) is 12.4. The molecule has 1 aromatic rings. The Labute approximate surface area is 157 Å². The molecule has 2 saturated carbocycles. The first kappa shape index (κ1) is 19.2. The van der Waals surface area contributed by atoms with E-state index in [2.05, 4.69) is 32.2 Å². The normalized spacial score (nSPS) is 34.4. The molecule has 3 rings (SSSR count). The van der Waals surface area contributed by atoms with Crippen molar-refractivity contribution in [2.45, 2.75) is 65.3 Å². The largest absolute Gasteiger partial charge is 0.469 e. The SMILES string of the molecule is C=C1CC[C@H]2[C@@](C)(CCC[C@@]2(C)C(=O)OC)[C@H]1CCc1ccoc1C[NH3+].